The van der Waals surface area contributed by atoms with Crippen molar-refractivity contribution in [1.82, 2.24) is 4.57 Å². The fraction of sp³-hybridized carbons (Fsp3) is 0.0588. The quantitative estimate of drug-likeness (QED) is 0.179. The van der Waals surface area contributed by atoms with Gasteiger partial charge in [0.15, 0.2) is 0 Å². The van der Waals surface area contributed by atoms with Gasteiger partial charge in [-0.15, -0.1) is 0 Å². The third-order valence-corrected chi connectivity index (χ3v) is 11.6. The SMILES string of the molecule is CC1(C)c2ccccc2-c2ccc(N(c3ccc(-c4ccc5oc6ccccc6c5c4)cc3)c3ccc4c(c3)c3ccccc3n4-c3ccccc3)cc21. The minimum Gasteiger partial charge on any atom is -0.456 e. The van der Waals surface area contributed by atoms with Crippen LogP contribution in [0.4, 0.5) is 17.1 Å². The topological polar surface area (TPSA) is 21.3 Å². The standard InChI is InChI=1S/C51H36N2O/c1-51(2)45-17-9-6-14-39(45)40-27-25-38(32-46(40)51)52(36-23-20-33(21-24-36)34-22-29-50-44(30-34)42-16-8-11-19-49(42)54-50)37-26-28-48-43(31-37)41-15-7-10-18-47(41)53(48)35-12-4-3-5-13-35/h3-32H,1-2H3. The molecule has 0 saturated carbocycles. The molecule has 0 radical (unpaired) electrons. The van der Waals surface area contributed by atoms with Crippen LogP contribution in [-0.2, 0) is 5.41 Å². The lowest BCUT2D eigenvalue weighted by Crippen LogP contribution is -2.16. The first-order valence-corrected chi connectivity index (χ1v) is 18.7. The average molecular weight is 693 g/mol. The normalized spacial score (nSPS) is 13.1. The van der Waals surface area contributed by atoms with E-state index in [1.165, 1.54) is 49.6 Å². The van der Waals surface area contributed by atoms with Crippen LogP contribution in [0.3, 0.4) is 0 Å². The van der Waals surface area contributed by atoms with Crippen LogP contribution in [0.5, 0.6) is 0 Å². The van der Waals surface area contributed by atoms with E-state index >= 15 is 0 Å². The molecule has 0 aliphatic heterocycles. The predicted molar refractivity (Wildman–Crippen MR) is 226 cm³/mol. The zero-order chi connectivity index (χ0) is 36.0. The molecule has 1 aliphatic carbocycles. The smallest absolute Gasteiger partial charge is 0.135 e. The zero-order valence-electron chi connectivity index (χ0n) is 30.1. The van der Waals surface area contributed by atoms with Gasteiger partial charge in [-0.05, 0) is 112 Å². The Hall–Kier alpha value is -6.84. The Morgan fingerprint density at radius 1 is 0.426 bits per heavy atom. The van der Waals surface area contributed by atoms with Crippen LogP contribution in [0, 0.1) is 0 Å². The molecular weight excluding hydrogens is 657 g/mol. The van der Waals surface area contributed by atoms with Crippen LogP contribution in [0.25, 0.3) is 71.7 Å². The minimum absolute atomic E-state index is 0.111. The summed E-state index contributed by atoms with van der Waals surface area (Å²) >= 11 is 0. The summed E-state index contributed by atoms with van der Waals surface area (Å²) in [6.07, 6.45) is 0. The molecule has 3 heteroatoms. The Bertz CT molecular complexity index is 3070. The van der Waals surface area contributed by atoms with Gasteiger partial charge in [-0.25, -0.2) is 0 Å². The monoisotopic (exact) mass is 692 g/mol. The van der Waals surface area contributed by atoms with Crippen LogP contribution < -0.4 is 4.90 Å². The number of para-hydroxylation sites is 3. The molecule has 54 heavy (non-hydrogen) atoms. The Morgan fingerprint density at radius 3 is 1.93 bits per heavy atom. The fourth-order valence-electron chi connectivity index (χ4n) is 8.94. The summed E-state index contributed by atoms with van der Waals surface area (Å²) in [6, 6.07) is 66.0. The molecule has 0 unspecified atom stereocenters. The molecule has 10 aromatic rings. The summed E-state index contributed by atoms with van der Waals surface area (Å²) < 4.78 is 8.51. The van der Waals surface area contributed by atoms with Crippen LogP contribution in [-0.4, -0.2) is 4.57 Å². The van der Waals surface area contributed by atoms with Crippen molar-refractivity contribution in [1.29, 1.82) is 0 Å². The fourth-order valence-corrected chi connectivity index (χ4v) is 8.94. The molecule has 0 bridgehead atoms. The summed E-state index contributed by atoms with van der Waals surface area (Å²) in [4.78, 5) is 2.42. The number of hydrogen-bond donors (Lipinski definition) is 0. The van der Waals surface area contributed by atoms with Crippen molar-refractivity contribution in [2.24, 2.45) is 0 Å². The summed E-state index contributed by atoms with van der Waals surface area (Å²) in [5.41, 5.74) is 16.3. The molecule has 0 atom stereocenters. The van der Waals surface area contributed by atoms with Crippen LogP contribution >= 0.6 is 0 Å². The van der Waals surface area contributed by atoms with E-state index in [4.69, 9.17) is 4.42 Å². The van der Waals surface area contributed by atoms with Gasteiger partial charge in [-0.3, -0.25) is 0 Å². The second-order valence-electron chi connectivity index (χ2n) is 15.0. The van der Waals surface area contributed by atoms with Crippen molar-refractivity contribution in [2.45, 2.75) is 19.3 Å². The Labute approximate surface area is 314 Å². The maximum Gasteiger partial charge on any atom is 0.135 e. The molecule has 0 amide bonds. The zero-order valence-corrected chi connectivity index (χ0v) is 30.1. The molecule has 8 aromatic carbocycles. The number of anilines is 3. The van der Waals surface area contributed by atoms with Gasteiger partial charge in [-0.2, -0.15) is 0 Å². The lowest BCUT2D eigenvalue weighted by atomic mass is 9.82. The van der Waals surface area contributed by atoms with Crippen molar-refractivity contribution in [3.8, 4) is 27.9 Å². The molecule has 0 saturated heterocycles. The van der Waals surface area contributed by atoms with E-state index in [1.807, 2.05) is 12.1 Å². The highest BCUT2D eigenvalue weighted by Gasteiger charge is 2.35. The lowest BCUT2D eigenvalue weighted by Gasteiger charge is -2.28. The van der Waals surface area contributed by atoms with Gasteiger partial charge in [0.2, 0.25) is 0 Å². The van der Waals surface area contributed by atoms with E-state index in [1.54, 1.807) is 0 Å². The third kappa shape index (κ3) is 4.55. The second-order valence-corrected chi connectivity index (χ2v) is 15.0. The summed E-state index contributed by atoms with van der Waals surface area (Å²) in [6.45, 7) is 4.70. The van der Waals surface area contributed by atoms with Gasteiger partial charge >= 0.3 is 0 Å². The maximum absolute atomic E-state index is 6.13. The molecule has 2 aromatic heterocycles. The van der Waals surface area contributed by atoms with Crippen molar-refractivity contribution in [3.63, 3.8) is 0 Å². The van der Waals surface area contributed by atoms with Crippen LogP contribution in [0.15, 0.2) is 186 Å². The molecular formula is C51H36N2O. The van der Waals surface area contributed by atoms with Crippen molar-refractivity contribution >= 4 is 60.8 Å². The minimum atomic E-state index is -0.111. The maximum atomic E-state index is 6.13. The van der Waals surface area contributed by atoms with Crippen LogP contribution in [0.1, 0.15) is 25.0 Å². The van der Waals surface area contributed by atoms with Gasteiger partial charge < -0.3 is 13.9 Å². The summed E-state index contributed by atoms with van der Waals surface area (Å²) in [5, 5.41) is 4.74. The Kier molecular flexibility index (Phi) is 6.60. The summed E-state index contributed by atoms with van der Waals surface area (Å²) in [7, 11) is 0. The first-order chi connectivity index (χ1) is 26.5. The number of fused-ring (bicyclic) bond motifs is 9. The lowest BCUT2D eigenvalue weighted by molar-refractivity contribution is 0.660. The predicted octanol–water partition coefficient (Wildman–Crippen LogP) is 14.1. The average Bonchev–Trinajstić information content (AvgIpc) is 3.84. The highest BCUT2D eigenvalue weighted by molar-refractivity contribution is 6.11. The highest BCUT2D eigenvalue weighted by atomic mass is 16.3. The number of benzene rings is 8. The van der Waals surface area contributed by atoms with Crippen LogP contribution in [0.2, 0.25) is 0 Å². The summed E-state index contributed by atoms with van der Waals surface area (Å²) in [5.74, 6) is 0. The van der Waals surface area contributed by atoms with Gasteiger partial charge in [0.1, 0.15) is 11.2 Å². The number of rotatable bonds is 5. The first kappa shape index (κ1) is 30.8. The molecule has 0 N–H and O–H groups in total. The molecule has 0 fully saturated rings. The molecule has 1 aliphatic rings. The molecule has 256 valence electrons. The van der Waals surface area contributed by atoms with Gasteiger partial charge in [0.25, 0.3) is 0 Å². The number of furan rings is 1. The number of aromatic nitrogens is 1. The van der Waals surface area contributed by atoms with Crippen molar-refractivity contribution in [3.05, 3.63) is 193 Å². The Balaban J connectivity index is 1.08. The van der Waals surface area contributed by atoms with E-state index in [0.717, 1.165) is 50.3 Å². The van der Waals surface area contributed by atoms with E-state index in [2.05, 4.69) is 193 Å². The van der Waals surface area contributed by atoms with Gasteiger partial charge in [-0.1, -0.05) is 117 Å². The molecule has 3 nitrogen and oxygen atoms in total. The van der Waals surface area contributed by atoms with Gasteiger partial charge in [0.05, 0.1) is 11.0 Å². The molecule has 11 rings (SSSR count). The molecule has 0 spiro atoms. The van der Waals surface area contributed by atoms with Gasteiger partial charge in [0, 0.05) is 49.7 Å². The molecule has 2 heterocycles. The highest BCUT2D eigenvalue weighted by Crippen LogP contribution is 2.51. The van der Waals surface area contributed by atoms with E-state index in [9.17, 15) is 0 Å². The van der Waals surface area contributed by atoms with Crippen molar-refractivity contribution in [2.75, 3.05) is 4.90 Å². The number of hydrogen-bond acceptors (Lipinski definition) is 2. The largest absolute Gasteiger partial charge is 0.456 e. The third-order valence-electron chi connectivity index (χ3n) is 11.6. The Morgan fingerprint density at radius 2 is 1.06 bits per heavy atom. The van der Waals surface area contributed by atoms with E-state index < -0.39 is 0 Å². The van der Waals surface area contributed by atoms with E-state index in [-0.39, 0.29) is 5.41 Å². The first-order valence-electron chi connectivity index (χ1n) is 18.7. The van der Waals surface area contributed by atoms with E-state index in [0.29, 0.717) is 0 Å². The van der Waals surface area contributed by atoms with Crippen molar-refractivity contribution < 1.29 is 4.42 Å². The number of nitrogens with zero attached hydrogens (tertiary/aromatic N) is 2. The second kappa shape index (κ2) is 11.6.